The Balaban J connectivity index is 1.73. The van der Waals surface area contributed by atoms with Crippen molar-refractivity contribution in [2.45, 2.75) is 52.4 Å². The van der Waals surface area contributed by atoms with E-state index < -0.39 is 0 Å². The highest BCUT2D eigenvalue weighted by molar-refractivity contribution is 4.71. The van der Waals surface area contributed by atoms with Gasteiger partial charge in [0.2, 0.25) is 0 Å². The van der Waals surface area contributed by atoms with Crippen molar-refractivity contribution in [1.82, 2.24) is 5.32 Å². The van der Waals surface area contributed by atoms with Crippen molar-refractivity contribution in [1.29, 1.82) is 0 Å². The summed E-state index contributed by atoms with van der Waals surface area (Å²) in [5, 5.41) is 3.56. The van der Waals surface area contributed by atoms with Gasteiger partial charge in [-0.3, -0.25) is 0 Å². The molecule has 13 heavy (non-hydrogen) atoms. The van der Waals surface area contributed by atoms with E-state index in [9.17, 15) is 0 Å². The van der Waals surface area contributed by atoms with E-state index in [0.29, 0.717) is 0 Å². The molecule has 0 aliphatic heterocycles. The fraction of sp³-hybridized carbons (Fsp3) is 1.00. The zero-order valence-corrected chi connectivity index (χ0v) is 9.31. The molecule has 0 saturated heterocycles. The predicted molar refractivity (Wildman–Crippen MR) is 58.9 cm³/mol. The Morgan fingerprint density at radius 3 is 2.54 bits per heavy atom. The van der Waals surface area contributed by atoms with Gasteiger partial charge >= 0.3 is 0 Å². The highest BCUT2D eigenvalue weighted by atomic mass is 14.9. The van der Waals surface area contributed by atoms with E-state index in [2.05, 4.69) is 19.2 Å². The van der Waals surface area contributed by atoms with Gasteiger partial charge in [0.25, 0.3) is 0 Å². The largest absolute Gasteiger partial charge is 0.316 e. The van der Waals surface area contributed by atoms with E-state index in [0.717, 1.165) is 11.8 Å². The Bertz CT molecular complexity index is 116. The second-order valence-corrected chi connectivity index (χ2v) is 4.89. The first-order chi connectivity index (χ1) is 6.29. The van der Waals surface area contributed by atoms with Crippen LogP contribution in [0.3, 0.4) is 0 Å². The van der Waals surface area contributed by atoms with Crippen molar-refractivity contribution in [3.63, 3.8) is 0 Å². The Morgan fingerprint density at radius 2 is 2.00 bits per heavy atom. The molecular weight excluding hydrogens is 158 g/mol. The highest BCUT2D eigenvalue weighted by Gasteiger charge is 2.15. The molecule has 1 N–H and O–H groups in total. The van der Waals surface area contributed by atoms with Crippen LogP contribution in [0.2, 0.25) is 0 Å². The molecular formula is C12H25N. The fourth-order valence-electron chi connectivity index (χ4n) is 1.81. The third-order valence-corrected chi connectivity index (χ3v) is 3.04. The Labute approximate surface area is 83.3 Å². The maximum absolute atomic E-state index is 3.56. The minimum absolute atomic E-state index is 0.881. The first kappa shape index (κ1) is 11.0. The lowest BCUT2D eigenvalue weighted by Crippen LogP contribution is -2.27. The molecule has 0 bridgehead atoms. The zero-order valence-electron chi connectivity index (χ0n) is 9.31. The summed E-state index contributed by atoms with van der Waals surface area (Å²) in [5.41, 5.74) is 0. The summed E-state index contributed by atoms with van der Waals surface area (Å²) in [5.74, 6) is 1.90. The molecule has 1 saturated carbocycles. The number of rotatable bonds is 7. The van der Waals surface area contributed by atoms with Gasteiger partial charge in [0, 0.05) is 0 Å². The number of nitrogens with one attached hydrogen (secondary N) is 1. The van der Waals surface area contributed by atoms with Gasteiger partial charge in [0.15, 0.2) is 0 Å². The predicted octanol–water partition coefficient (Wildman–Crippen LogP) is 3.20. The molecule has 0 aromatic rings. The first-order valence-electron chi connectivity index (χ1n) is 5.99. The summed E-state index contributed by atoms with van der Waals surface area (Å²) in [6.45, 7) is 7.13. The number of hydrogen-bond acceptors (Lipinski definition) is 1. The molecule has 0 radical (unpaired) electrons. The van der Waals surface area contributed by atoms with Gasteiger partial charge in [-0.05, 0) is 44.2 Å². The van der Waals surface area contributed by atoms with Crippen molar-refractivity contribution < 1.29 is 0 Å². The number of unbranched alkanes of at least 4 members (excludes halogenated alkanes) is 1. The van der Waals surface area contributed by atoms with Crippen LogP contribution in [0.1, 0.15) is 52.4 Å². The van der Waals surface area contributed by atoms with Crippen LogP contribution < -0.4 is 5.32 Å². The third-order valence-electron chi connectivity index (χ3n) is 3.04. The van der Waals surface area contributed by atoms with Crippen LogP contribution >= 0.6 is 0 Å². The Kier molecular flexibility index (Phi) is 5.45. The lowest BCUT2D eigenvalue weighted by molar-refractivity contribution is 0.301. The maximum Gasteiger partial charge on any atom is -0.00205 e. The molecule has 1 aliphatic carbocycles. The van der Waals surface area contributed by atoms with Gasteiger partial charge in [-0.15, -0.1) is 0 Å². The van der Waals surface area contributed by atoms with Gasteiger partial charge in [0.1, 0.15) is 0 Å². The zero-order chi connectivity index (χ0) is 9.52. The summed E-state index contributed by atoms with van der Waals surface area (Å²) >= 11 is 0. The Hall–Kier alpha value is -0.0400. The smallest absolute Gasteiger partial charge is 0.00205 e. The van der Waals surface area contributed by atoms with E-state index in [1.807, 2.05) is 0 Å². The molecule has 1 nitrogen and oxygen atoms in total. The molecule has 0 unspecified atom stereocenters. The van der Waals surface area contributed by atoms with E-state index in [-0.39, 0.29) is 0 Å². The standard InChI is InChI=1S/C12H25N/c1-11(2)6-3-4-9-13-10-12-7-5-8-12/h11-13H,3-10H2,1-2H3. The van der Waals surface area contributed by atoms with Crippen molar-refractivity contribution in [3.8, 4) is 0 Å². The van der Waals surface area contributed by atoms with E-state index in [4.69, 9.17) is 0 Å². The maximum atomic E-state index is 3.56. The summed E-state index contributed by atoms with van der Waals surface area (Å²) < 4.78 is 0. The molecule has 0 spiro atoms. The van der Waals surface area contributed by atoms with Crippen LogP contribution in [0.15, 0.2) is 0 Å². The minimum atomic E-state index is 0.881. The van der Waals surface area contributed by atoms with Gasteiger partial charge < -0.3 is 5.32 Å². The van der Waals surface area contributed by atoms with Crippen molar-refractivity contribution in [2.24, 2.45) is 11.8 Å². The third kappa shape index (κ3) is 5.30. The van der Waals surface area contributed by atoms with E-state index in [1.165, 1.54) is 51.6 Å². The van der Waals surface area contributed by atoms with Crippen LogP contribution in [0.25, 0.3) is 0 Å². The summed E-state index contributed by atoms with van der Waals surface area (Å²) in [6, 6.07) is 0. The average molecular weight is 183 g/mol. The second-order valence-electron chi connectivity index (χ2n) is 4.89. The van der Waals surface area contributed by atoms with Crippen LogP contribution in [0, 0.1) is 11.8 Å². The van der Waals surface area contributed by atoms with Gasteiger partial charge in [-0.25, -0.2) is 0 Å². The highest BCUT2D eigenvalue weighted by Crippen LogP contribution is 2.25. The minimum Gasteiger partial charge on any atom is -0.316 e. The fourth-order valence-corrected chi connectivity index (χ4v) is 1.81. The monoisotopic (exact) mass is 183 g/mol. The average Bonchev–Trinajstić information content (AvgIpc) is 1.99. The van der Waals surface area contributed by atoms with Crippen LogP contribution in [0.4, 0.5) is 0 Å². The molecule has 1 fully saturated rings. The van der Waals surface area contributed by atoms with E-state index in [1.54, 1.807) is 0 Å². The summed E-state index contributed by atoms with van der Waals surface area (Å²) in [4.78, 5) is 0. The summed E-state index contributed by atoms with van der Waals surface area (Å²) in [6.07, 6.45) is 8.57. The van der Waals surface area contributed by atoms with E-state index >= 15 is 0 Å². The van der Waals surface area contributed by atoms with Crippen LogP contribution in [-0.4, -0.2) is 13.1 Å². The van der Waals surface area contributed by atoms with Gasteiger partial charge in [-0.1, -0.05) is 33.1 Å². The normalized spacial score (nSPS) is 17.8. The van der Waals surface area contributed by atoms with Gasteiger partial charge in [-0.2, -0.15) is 0 Å². The molecule has 0 heterocycles. The van der Waals surface area contributed by atoms with Crippen molar-refractivity contribution >= 4 is 0 Å². The topological polar surface area (TPSA) is 12.0 Å². The SMILES string of the molecule is CC(C)CCCCNCC1CCC1. The van der Waals surface area contributed by atoms with Gasteiger partial charge in [0.05, 0.1) is 0 Å². The lowest BCUT2D eigenvalue weighted by atomic mass is 9.85. The molecule has 0 atom stereocenters. The lowest BCUT2D eigenvalue weighted by Gasteiger charge is -2.25. The van der Waals surface area contributed by atoms with Crippen molar-refractivity contribution in [3.05, 3.63) is 0 Å². The molecule has 0 aromatic carbocycles. The molecule has 1 heteroatoms. The molecule has 1 aliphatic rings. The Morgan fingerprint density at radius 1 is 1.23 bits per heavy atom. The molecule has 78 valence electrons. The molecule has 0 amide bonds. The summed E-state index contributed by atoms with van der Waals surface area (Å²) in [7, 11) is 0. The quantitative estimate of drug-likeness (QED) is 0.598. The van der Waals surface area contributed by atoms with Crippen LogP contribution in [0.5, 0.6) is 0 Å². The molecule has 1 rings (SSSR count). The van der Waals surface area contributed by atoms with Crippen molar-refractivity contribution in [2.75, 3.05) is 13.1 Å². The first-order valence-corrected chi connectivity index (χ1v) is 5.99. The second kappa shape index (κ2) is 6.42. The molecule has 0 aromatic heterocycles. The number of hydrogen-bond donors (Lipinski definition) is 1. The van der Waals surface area contributed by atoms with Crippen LogP contribution in [-0.2, 0) is 0 Å².